The molecule has 1 N–H and O–H groups in total. The molecule has 1 rings (SSSR count). The van der Waals surface area contributed by atoms with Crippen molar-refractivity contribution >= 4 is 18.0 Å². The largest absolute Gasteiger partial charge is 0.478 e. The summed E-state index contributed by atoms with van der Waals surface area (Å²) in [5.41, 5.74) is 0.745. The van der Waals surface area contributed by atoms with E-state index in [9.17, 15) is 18.4 Å². The molecule has 0 bridgehead atoms. The van der Waals surface area contributed by atoms with E-state index in [1.807, 2.05) is 0 Å². The summed E-state index contributed by atoms with van der Waals surface area (Å²) < 4.78 is 24.4. The normalized spacial score (nSPS) is 10.9. The van der Waals surface area contributed by atoms with Crippen molar-refractivity contribution in [1.82, 2.24) is 4.90 Å². The van der Waals surface area contributed by atoms with Gasteiger partial charge in [0.1, 0.15) is 0 Å². The molecule has 4 nitrogen and oxygen atoms in total. The Hall–Kier alpha value is -2.24. The highest BCUT2D eigenvalue weighted by Crippen LogP contribution is 2.10. The summed E-state index contributed by atoms with van der Waals surface area (Å²) in [4.78, 5) is 23.1. The lowest BCUT2D eigenvalue weighted by atomic mass is 10.1. The van der Waals surface area contributed by atoms with Gasteiger partial charge < -0.3 is 10.0 Å². The molecule has 19 heavy (non-hydrogen) atoms. The third-order valence-corrected chi connectivity index (χ3v) is 2.31. The van der Waals surface area contributed by atoms with Crippen LogP contribution in [0.5, 0.6) is 0 Å². The Morgan fingerprint density at radius 2 is 2.11 bits per heavy atom. The van der Waals surface area contributed by atoms with Gasteiger partial charge in [-0.05, 0) is 23.8 Å². The summed E-state index contributed by atoms with van der Waals surface area (Å²) in [5, 5.41) is 8.50. The third-order valence-electron chi connectivity index (χ3n) is 2.31. The maximum absolute atomic E-state index is 12.2. The summed E-state index contributed by atoms with van der Waals surface area (Å²) in [6, 6.07) is 6.11. The van der Waals surface area contributed by atoms with Crippen molar-refractivity contribution in [1.29, 1.82) is 0 Å². The fourth-order valence-electron chi connectivity index (χ4n) is 1.45. The number of carboxylic acids is 1. The number of amides is 1. The first-order chi connectivity index (χ1) is 8.90. The number of carboxylic acid groups (broad SMARTS) is 1. The fourth-order valence-corrected chi connectivity index (χ4v) is 1.45. The summed E-state index contributed by atoms with van der Waals surface area (Å²) in [7, 11) is 1.29. The van der Waals surface area contributed by atoms with E-state index < -0.39 is 24.8 Å². The molecular weight excluding hydrogens is 256 g/mol. The monoisotopic (exact) mass is 269 g/mol. The second-order valence-electron chi connectivity index (χ2n) is 3.87. The van der Waals surface area contributed by atoms with E-state index in [4.69, 9.17) is 5.11 Å². The van der Waals surface area contributed by atoms with Crippen LogP contribution in [0.3, 0.4) is 0 Å². The van der Waals surface area contributed by atoms with Gasteiger partial charge in [-0.25, -0.2) is 13.6 Å². The molecular formula is C13H13F2NO3. The molecule has 0 saturated carbocycles. The molecule has 0 aliphatic carbocycles. The van der Waals surface area contributed by atoms with Crippen molar-refractivity contribution in [3.05, 3.63) is 41.5 Å². The highest BCUT2D eigenvalue weighted by atomic mass is 19.3. The van der Waals surface area contributed by atoms with Crippen molar-refractivity contribution < 1.29 is 23.5 Å². The van der Waals surface area contributed by atoms with E-state index in [0.29, 0.717) is 5.56 Å². The maximum Gasteiger partial charge on any atom is 0.328 e. The molecule has 0 aliphatic rings. The van der Waals surface area contributed by atoms with Crippen LogP contribution in [0.25, 0.3) is 6.08 Å². The van der Waals surface area contributed by atoms with E-state index in [-0.39, 0.29) is 5.56 Å². The van der Waals surface area contributed by atoms with Crippen LogP contribution in [0.4, 0.5) is 8.78 Å². The molecule has 0 spiro atoms. The van der Waals surface area contributed by atoms with Gasteiger partial charge in [-0.15, -0.1) is 0 Å². The Morgan fingerprint density at radius 3 is 2.68 bits per heavy atom. The average molecular weight is 269 g/mol. The van der Waals surface area contributed by atoms with Crippen LogP contribution in [-0.4, -0.2) is 41.9 Å². The van der Waals surface area contributed by atoms with Gasteiger partial charge in [-0.1, -0.05) is 12.1 Å². The number of nitrogens with zero attached hydrogens (tertiary/aromatic N) is 1. The topological polar surface area (TPSA) is 57.6 Å². The Labute approximate surface area is 109 Å². The van der Waals surface area contributed by atoms with E-state index in [1.165, 1.54) is 25.3 Å². The van der Waals surface area contributed by atoms with Crippen LogP contribution in [0, 0.1) is 0 Å². The lowest BCUT2D eigenvalue weighted by Crippen LogP contribution is -2.31. The first-order valence-corrected chi connectivity index (χ1v) is 5.45. The van der Waals surface area contributed by atoms with E-state index in [2.05, 4.69) is 0 Å². The van der Waals surface area contributed by atoms with Gasteiger partial charge in [0.2, 0.25) is 0 Å². The maximum atomic E-state index is 12.2. The van der Waals surface area contributed by atoms with Crippen LogP contribution in [-0.2, 0) is 4.79 Å². The molecule has 102 valence electrons. The fraction of sp³-hybridized carbons (Fsp3) is 0.231. The summed E-state index contributed by atoms with van der Waals surface area (Å²) >= 11 is 0. The second-order valence-corrected chi connectivity index (χ2v) is 3.87. The minimum atomic E-state index is -2.59. The second kappa shape index (κ2) is 6.63. The van der Waals surface area contributed by atoms with Gasteiger partial charge in [0.05, 0.1) is 6.54 Å². The Bertz CT molecular complexity index is 500. The molecule has 0 radical (unpaired) electrons. The predicted octanol–water partition coefficient (Wildman–Crippen LogP) is 2.12. The SMILES string of the molecule is CN(CC(F)F)C(=O)c1cccc(/C=C/C(=O)O)c1. The van der Waals surface area contributed by atoms with Gasteiger partial charge in [0, 0.05) is 18.7 Å². The van der Waals surface area contributed by atoms with Crippen LogP contribution < -0.4 is 0 Å². The highest BCUT2D eigenvalue weighted by Gasteiger charge is 2.15. The molecule has 1 aromatic rings. The van der Waals surface area contributed by atoms with Gasteiger partial charge in [0.15, 0.2) is 0 Å². The number of hydrogen-bond acceptors (Lipinski definition) is 2. The van der Waals surface area contributed by atoms with Gasteiger partial charge in [0.25, 0.3) is 12.3 Å². The van der Waals surface area contributed by atoms with Crippen LogP contribution in [0.2, 0.25) is 0 Å². The predicted molar refractivity (Wildman–Crippen MR) is 66.1 cm³/mol. The molecule has 0 saturated heterocycles. The van der Waals surface area contributed by atoms with Gasteiger partial charge in [-0.3, -0.25) is 4.79 Å². The van der Waals surface area contributed by atoms with Crippen molar-refractivity contribution in [2.75, 3.05) is 13.6 Å². The molecule has 0 unspecified atom stereocenters. The number of alkyl halides is 2. The Balaban J connectivity index is 2.86. The van der Waals surface area contributed by atoms with Crippen LogP contribution in [0.15, 0.2) is 30.3 Å². The number of carbonyl (C=O) groups excluding carboxylic acids is 1. The molecule has 0 heterocycles. The van der Waals surface area contributed by atoms with E-state index in [0.717, 1.165) is 11.0 Å². The number of hydrogen-bond donors (Lipinski definition) is 1. The summed E-state index contributed by atoms with van der Waals surface area (Å²) in [6.07, 6.45) is -0.331. The molecule has 0 aromatic heterocycles. The van der Waals surface area contributed by atoms with Gasteiger partial charge in [-0.2, -0.15) is 0 Å². The first kappa shape index (κ1) is 14.8. The lowest BCUT2D eigenvalue weighted by Gasteiger charge is -2.16. The molecule has 1 aromatic carbocycles. The third kappa shape index (κ3) is 4.87. The number of halogens is 2. The summed E-state index contributed by atoms with van der Waals surface area (Å²) in [6.45, 7) is -0.645. The lowest BCUT2D eigenvalue weighted by molar-refractivity contribution is -0.131. The average Bonchev–Trinajstić information content (AvgIpc) is 2.35. The highest BCUT2D eigenvalue weighted by molar-refractivity contribution is 5.95. The number of rotatable bonds is 5. The van der Waals surface area contributed by atoms with Crippen LogP contribution >= 0.6 is 0 Å². The number of benzene rings is 1. The molecule has 0 fully saturated rings. The zero-order chi connectivity index (χ0) is 14.4. The summed E-state index contributed by atoms with van der Waals surface area (Å²) in [5.74, 6) is -1.64. The Morgan fingerprint density at radius 1 is 1.42 bits per heavy atom. The minimum Gasteiger partial charge on any atom is -0.478 e. The van der Waals surface area contributed by atoms with Crippen LogP contribution in [0.1, 0.15) is 15.9 Å². The molecule has 6 heteroatoms. The standard InChI is InChI=1S/C13H13F2NO3/c1-16(8-11(14)15)13(19)10-4-2-3-9(7-10)5-6-12(17)18/h2-7,11H,8H2,1H3,(H,17,18)/b6-5+. The van der Waals surface area contributed by atoms with E-state index >= 15 is 0 Å². The molecule has 0 atom stereocenters. The first-order valence-electron chi connectivity index (χ1n) is 5.45. The van der Waals surface area contributed by atoms with E-state index in [1.54, 1.807) is 12.1 Å². The van der Waals surface area contributed by atoms with Crippen molar-refractivity contribution in [3.63, 3.8) is 0 Å². The van der Waals surface area contributed by atoms with Crippen molar-refractivity contribution in [2.24, 2.45) is 0 Å². The van der Waals surface area contributed by atoms with Gasteiger partial charge >= 0.3 is 5.97 Å². The smallest absolute Gasteiger partial charge is 0.328 e. The van der Waals surface area contributed by atoms with Crippen molar-refractivity contribution in [2.45, 2.75) is 6.43 Å². The zero-order valence-corrected chi connectivity index (χ0v) is 10.2. The number of carbonyl (C=O) groups is 2. The quantitative estimate of drug-likeness (QED) is 0.833. The van der Waals surface area contributed by atoms with Crippen molar-refractivity contribution in [3.8, 4) is 0 Å². The molecule has 1 amide bonds. The minimum absolute atomic E-state index is 0.232. The Kier molecular flexibility index (Phi) is 5.17. The number of aliphatic carboxylic acids is 1. The zero-order valence-electron chi connectivity index (χ0n) is 10.2. The molecule has 0 aliphatic heterocycles.